The van der Waals surface area contributed by atoms with E-state index in [1.165, 1.54) is 17.4 Å². The molecule has 0 saturated carbocycles. The standard InChI is InChI=1S/C12H6BrClN2O2S/c13-7-4-10(19-5-7)11-15-12(18-16-11)6-1-2-9(17)8(14)3-6/h1-5,17H. The summed E-state index contributed by atoms with van der Waals surface area (Å²) < 4.78 is 6.18. The van der Waals surface area contributed by atoms with Crippen LogP contribution >= 0.6 is 38.9 Å². The lowest BCUT2D eigenvalue weighted by Crippen LogP contribution is -1.79. The number of aromatic nitrogens is 2. The SMILES string of the molecule is Oc1ccc(-c2nc(-c3cc(Br)cs3)no2)cc1Cl. The van der Waals surface area contributed by atoms with Crippen molar-refractivity contribution < 1.29 is 9.63 Å². The maximum Gasteiger partial charge on any atom is 0.258 e. The van der Waals surface area contributed by atoms with E-state index in [1.54, 1.807) is 12.1 Å². The van der Waals surface area contributed by atoms with Crippen molar-refractivity contribution in [2.24, 2.45) is 0 Å². The molecule has 0 bridgehead atoms. The average molecular weight is 358 g/mol. The Morgan fingerprint density at radius 2 is 2.16 bits per heavy atom. The van der Waals surface area contributed by atoms with Gasteiger partial charge in [-0.15, -0.1) is 11.3 Å². The summed E-state index contributed by atoms with van der Waals surface area (Å²) in [7, 11) is 0. The first-order valence-electron chi connectivity index (χ1n) is 5.20. The highest BCUT2D eigenvalue weighted by molar-refractivity contribution is 9.10. The maximum absolute atomic E-state index is 9.37. The molecule has 0 unspecified atom stereocenters. The van der Waals surface area contributed by atoms with Crippen molar-refractivity contribution in [3.8, 4) is 27.9 Å². The molecule has 1 aromatic carbocycles. The van der Waals surface area contributed by atoms with Crippen LogP contribution in [0.3, 0.4) is 0 Å². The van der Waals surface area contributed by atoms with Gasteiger partial charge in [-0.05, 0) is 40.2 Å². The van der Waals surface area contributed by atoms with Crippen LogP contribution in [0.5, 0.6) is 5.75 Å². The molecule has 3 aromatic rings. The second-order valence-electron chi connectivity index (χ2n) is 3.72. The van der Waals surface area contributed by atoms with E-state index < -0.39 is 0 Å². The van der Waals surface area contributed by atoms with Crippen LogP contribution in [-0.2, 0) is 0 Å². The minimum absolute atomic E-state index is 0.0207. The van der Waals surface area contributed by atoms with Crippen LogP contribution in [0.4, 0.5) is 0 Å². The smallest absolute Gasteiger partial charge is 0.258 e. The minimum Gasteiger partial charge on any atom is -0.506 e. The van der Waals surface area contributed by atoms with Gasteiger partial charge in [0.25, 0.3) is 5.89 Å². The van der Waals surface area contributed by atoms with Crippen LogP contribution in [0, 0.1) is 0 Å². The van der Waals surface area contributed by atoms with E-state index in [0.29, 0.717) is 17.3 Å². The molecule has 0 spiro atoms. The number of phenolic OH excluding ortho intramolecular Hbond substituents is 1. The molecule has 0 amide bonds. The van der Waals surface area contributed by atoms with Gasteiger partial charge in [0.15, 0.2) is 0 Å². The number of halogens is 2. The van der Waals surface area contributed by atoms with Crippen LogP contribution < -0.4 is 0 Å². The Morgan fingerprint density at radius 3 is 2.84 bits per heavy atom. The summed E-state index contributed by atoms with van der Waals surface area (Å²) in [6, 6.07) is 6.66. The van der Waals surface area contributed by atoms with Gasteiger partial charge < -0.3 is 9.63 Å². The van der Waals surface area contributed by atoms with Crippen LogP contribution in [0.2, 0.25) is 5.02 Å². The number of benzene rings is 1. The second-order valence-corrected chi connectivity index (χ2v) is 5.95. The molecular weight excluding hydrogens is 352 g/mol. The predicted molar refractivity (Wildman–Crippen MR) is 77.4 cm³/mol. The average Bonchev–Trinajstić information content (AvgIpc) is 3.01. The van der Waals surface area contributed by atoms with Crippen LogP contribution in [0.1, 0.15) is 0 Å². The Bertz CT molecular complexity index is 741. The number of nitrogens with zero attached hydrogens (tertiary/aromatic N) is 2. The fourth-order valence-electron chi connectivity index (χ4n) is 1.51. The third kappa shape index (κ3) is 2.51. The Morgan fingerprint density at radius 1 is 1.32 bits per heavy atom. The lowest BCUT2D eigenvalue weighted by atomic mass is 10.2. The minimum atomic E-state index is 0.0207. The van der Waals surface area contributed by atoms with Crippen molar-refractivity contribution in [3.63, 3.8) is 0 Å². The monoisotopic (exact) mass is 356 g/mol. The first kappa shape index (κ1) is 12.7. The quantitative estimate of drug-likeness (QED) is 0.729. The molecule has 96 valence electrons. The summed E-state index contributed by atoms with van der Waals surface area (Å²) in [5.74, 6) is 0.906. The molecule has 0 aliphatic rings. The number of thiophene rings is 1. The van der Waals surface area contributed by atoms with E-state index in [0.717, 1.165) is 9.35 Å². The lowest BCUT2D eigenvalue weighted by molar-refractivity contribution is 0.432. The number of aromatic hydroxyl groups is 1. The van der Waals surface area contributed by atoms with E-state index in [9.17, 15) is 5.11 Å². The van der Waals surface area contributed by atoms with Crippen molar-refractivity contribution in [1.29, 1.82) is 0 Å². The molecule has 0 aliphatic heterocycles. The first-order valence-corrected chi connectivity index (χ1v) is 7.25. The number of rotatable bonds is 2. The van der Waals surface area contributed by atoms with Crippen molar-refractivity contribution in [1.82, 2.24) is 10.1 Å². The van der Waals surface area contributed by atoms with Gasteiger partial charge in [-0.1, -0.05) is 16.8 Å². The second kappa shape index (κ2) is 4.96. The highest BCUT2D eigenvalue weighted by Crippen LogP contribution is 2.31. The normalized spacial score (nSPS) is 10.8. The van der Waals surface area contributed by atoms with Gasteiger partial charge in [0.05, 0.1) is 9.90 Å². The fourth-order valence-corrected chi connectivity index (χ4v) is 3.04. The molecular formula is C12H6BrClN2O2S. The van der Waals surface area contributed by atoms with Crippen molar-refractivity contribution in [2.75, 3.05) is 0 Å². The van der Waals surface area contributed by atoms with E-state index in [-0.39, 0.29) is 10.8 Å². The molecule has 7 heteroatoms. The van der Waals surface area contributed by atoms with E-state index >= 15 is 0 Å². The van der Waals surface area contributed by atoms with Gasteiger partial charge in [-0.3, -0.25) is 0 Å². The molecule has 2 aromatic heterocycles. The highest BCUT2D eigenvalue weighted by Gasteiger charge is 2.13. The number of hydrogen-bond donors (Lipinski definition) is 1. The Kier molecular flexibility index (Phi) is 3.30. The molecule has 3 rings (SSSR count). The summed E-state index contributed by atoms with van der Waals surface area (Å²) in [4.78, 5) is 5.22. The molecule has 19 heavy (non-hydrogen) atoms. The topological polar surface area (TPSA) is 59.2 Å². The third-order valence-corrected chi connectivity index (χ3v) is 4.40. The van der Waals surface area contributed by atoms with Gasteiger partial charge in [0.2, 0.25) is 5.82 Å². The molecule has 1 N–H and O–H groups in total. The molecule has 0 saturated heterocycles. The van der Waals surface area contributed by atoms with Gasteiger partial charge in [0.1, 0.15) is 5.75 Å². The van der Waals surface area contributed by atoms with E-state index in [4.69, 9.17) is 16.1 Å². The largest absolute Gasteiger partial charge is 0.506 e. The summed E-state index contributed by atoms with van der Waals surface area (Å²) in [6.07, 6.45) is 0. The van der Waals surface area contributed by atoms with E-state index in [1.807, 2.05) is 11.4 Å². The van der Waals surface area contributed by atoms with Crippen LogP contribution in [-0.4, -0.2) is 15.2 Å². The molecule has 2 heterocycles. The highest BCUT2D eigenvalue weighted by atomic mass is 79.9. The van der Waals surface area contributed by atoms with Crippen molar-refractivity contribution in [3.05, 3.63) is 39.1 Å². The van der Waals surface area contributed by atoms with Gasteiger partial charge in [-0.2, -0.15) is 4.98 Å². The Balaban J connectivity index is 1.98. The fraction of sp³-hybridized carbons (Fsp3) is 0. The zero-order valence-corrected chi connectivity index (χ0v) is 12.5. The number of phenols is 1. The van der Waals surface area contributed by atoms with Gasteiger partial charge >= 0.3 is 0 Å². The lowest BCUT2D eigenvalue weighted by Gasteiger charge is -1.97. The zero-order chi connectivity index (χ0) is 13.4. The predicted octanol–water partition coefficient (Wildman–Crippen LogP) is 4.59. The Labute approximate surface area is 125 Å². The molecule has 0 radical (unpaired) electrons. The van der Waals surface area contributed by atoms with Gasteiger partial charge in [-0.25, -0.2) is 0 Å². The third-order valence-electron chi connectivity index (χ3n) is 2.41. The summed E-state index contributed by atoms with van der Waals surface area (Å²) in [5.41, 5.74) is 0.664. The maximum atomic E-state index is 9.37. The Hall–Kier alpha value is -1.37. The zero-order valence-electron chi connectivity index (χ0n) is 9.30. The van der Waals surface area contributed by atoms with Crippen LogP contribution in [0.25, 0.3) is 22.2 Å². The molecule has 4 nitrogen and oxygen atoms in total. The molecule has 0 aliphatic carbocycles. The molecule has 0 atom stereocenters. The van der Waals surface area contributed by atoms with Crippen molar-refractivity contribution >= 4 is 38.9 Å². The van der Waals surface area contributed by atoms with Crippen molar-refractivity contribution in [2.45, 2.75) is 0 Å². The first-order chi connectivity index (χ1) is 9.13. The summed E-state index contributed by atoms with van der Waals surface area (Å²) >= 11 is 10.7. The molecule has 0 fully saturated rings. The van der Waals surface area contributed by atoms with Gasteiger partial charge in [0, 0.05) is 15.4 Å². The summed E-state index contributed by atoms with van der Waals surface area (Å²) in [5, 5.41) is 15.5. The number of hydrogen-bond acceptors (Lipinski definition) is 5. The van der Waals surface area contributed by atoms with Crippen LogP contribution in [0.15, 0.2) is 38.6 Å². The van der Waals surface area contributed by atoms with E-state index in [2.05, 4.69) is 26.1 Å². The summed E-state index contributed by atoms with van der Waals surface area (Å²) in [6.45, 7) is 0.